The Morgan fingerprint density at radius 2 is 2.00 bits per heavy atom. The molecule has 0 radical (unpaired) electrons. The van der Waals surface area contributed by atoms with Gasteiger partial charge in [-0.2, -0.15) is 0 Å². The van der Waals surface area contributed by atoms with E-state index < -0.39 is 5.60 Å². The van der Waals surface area contributed by atoms with Crippen LogP contribution in [0.2, 0.25) is 5.02 Å². The molecule has 0 atom stereocenters. The van der Waals surface area contributed by atoms with Gasteiger partial charge in [-0.05, 0) is 73.1 Å². The quantitative estimate of drug-likeness (QED) is 0.186. The van der Waals surface area contributed by atoms with Crippen molar-refractivity contribution in [1.82, 2.24) is 19.9 Å². The number of nitrogens with zero attached hydrogens (tertiary/aromatic N) is 3. The first-order chi connectivity index (χ1) is 17.7. The third kappa shape index (κ3) is 6.54. The van der Waals surface area contributed by atoms with Crippen molar-refractivity contribution < 1.29 is 14.6 Å². The highest BCUT2D eigenvalue weighted by atomic mass is 35.5. The largest absolute Gasteiger partial charge is 0.456 e. The van der Waals surface area contributed by atoms with E-state index in [4.69, 9.17) is 16.3 Å². The minimum atomic E-state index is -1.05. The van der Waals surface area contributed by atoms with Crippen molar-refractivity contribution in [2.24, 2.45) is 0 Å². The van der Waals surface area contributed by atoms with E-state index in [0.717, 1.165) is 27.2 Å². The zero-order chi connectivity index (χ0) is 26.0. The van der Waals surface area contributed by atoms with E-state index in [-0.39, 0.29) is 24.7 Å². The maximum Gasteiger partial charge on any atom is 0.222 e. The van der Waals surface area contributed by atoms with Crippen molar-refractivity contribution in [2.45, 2.75) is 32.4 Å². The summed E-state index contributed by atoms with van der Waals surface area (Å²) in [5.74, 6) is 1.69. The van der Waals surface area contributed by atoms with Crippen LogP contribution in [0.3, 0.4) is 0 Å². The number of carbonyl (C=O) groups is 1. The molecular weight excluding hydrogens is 545 g/mol. The Morgan fingerprint density at radius 1 is 1.16 bits per heavy atom. The Balaban J connectivity index is 0.00000336. The predicted molar refractivity (Wildman–Crippen MR) is 155 cm³/mol. The minimum absolute atomic E-state index is 0. The lowest BCUT2D eigenvalue weighted by atomic mass is 10.1. The van der Waals surface area contributed by atoms with Crippen molar-refractivity contribution in [3.63, 3.8) is 0 Å². The van der Waals surface area contributed by atoms with Gasteiger partial charge in [0, 0.05) is 29.7 Å². The van der Waals surface area contributed by atoms with Crippen molar-refractivity contribution in [2.75, 3.05) is 11.9 Å². The van der Waals surface area contributed by atoms with Crippen LogP contribution in [0.15, 0.2) is 66.4 Å². The standard InChI is InChI=1S/C27H26ClN5O3S.ClH/c1-27(2,35)15-24(34)29-9-11-33-10-7-21-25(33)26(31-16-30-21)32-18-4-6-22(20(28)13-18)36-19-5-3-17-8-12-37-23(17)14-19;/h3-8,10,12-14,16,35H,9,11,15H2,1-2H3,(H,29,34)(H,30,31,32);1H. The van der Waals surface area contributed by atoms with Crippen LogP contribution < -0.4 is 15.4 Å². The van der Waals surface area contributed by atoms with Crippen LogP contribution in [-0.2, 0) is 11.3 Å². The molecule has 2 aromatic carbocycles. The van der Waals surface area contributed by atoms with E-state index in [9.17, 15) is 9.90 Å². The van der Waals surface area contributed by atoms with Gasteiger partial charge in [0.05, 0.1) is 22.6 Å². The topological polar surface area (TPSA) is 101 Å². The number of anilines is 2. The van der Waals surface area contributed by atoms with Gasteiger partial charge in [-0.3, -0.25) is 4.79 Å². The zero-order valence-corrected chi connectivity index (χ0v) is 23.2. The molecule has 0 aliphatic carbocycles. The number of thiophene rings is 1. The molecule has 0 unspecified atom stereocenters. The number of carbonyl (C=O) groups excluding carboxylic acids is 1. The van der Waals surface area contributed by atoms with Crippen molar-refractivity contribution in [3.05, 3.63) is 71.5 Å². The summed E-state index contributed by atoms with van der Waals surface area (Å²) < 4.78 is 9.16. The smallest absolute Gasteiger partial charge is 0.222 e. The van der Waals surface area contributed by atoms with Gasteiger partial charge in [0.25, 0.3) is 0 Å². The molecule has 198 valence electrons. The summed E-state index contributed by atoms with van der Waals surface area (Å²) in [6.07, 6.45) is 3.44. The molecule has 3 N–H and O–H groups in total. The van der Waals surface area contributed by atoms with Crippen molar-refractivity contribution in [3.8, 4) is 11.5 Å². The Morgan fingerprint density at radius 3 is 2.79 bits per heavy atom. The molecule has 1 amide bonds. The summed E-state index contributed by atoms with van der Waals surface area (Å²) in [5.41, 5.74) is 1.28. The number of ether oxygens (including phenoxy) is 1. The Labute approximate surface area is 235 Å². The minimum Gasteiger partial charge on any atom is -0.456 e. The molecule has 0 saturated heterocycles. The van der Waals surface area contributed by atoms with E-state index in [2.05, 4.69) is 32.0 Å². The van der Waals surface area contributed by atoms with Crippen LogP contribution in [0.25, 0.3) is 21.1 Å². The summed E-state index contributed by atoms with van der Waals surface area (Å²) >= 11 is 8.22. The van der Waals surface area contributed by atoms with Crippen LogP contribution in [0, 0.1) is 0 Å². The first-order valence-electron chi connectivity index (χ1n) is 11.8. The van der Waals surface area contributed by atoms with E-state index >= 15 is 0 Å². The van der Waals surface area contributed by atoms with E-state index in [1.807, 2.05) is 47.2 Å². The third-order valence-corrected chi connectivity index (χ3v) is 6.84. The fourth-order valence-electron chi connectivity index (χ4n) is 4.01. The molecular formula is C27H27Cl2N5O3S. The molecule has 0 bridgehead atoms. The van der Waals surface area contributed by atoms with Gasteiger partial charge in [-0.25, -0.2) is 9.97 Å². The van der Waals surface area contributed by atoms with Crippen LogP contribution in [0.5, 0.6) is 11.5 Å². The fourth-order valence-corrected chi connectivity index (χ4v) is 5.04. The number of amides is 1. The number of aliphatic hydroxyl groups is 1. The van der Waals surface area contributed by atoms with Gasteiger partial charge in [0.15, 0.2) is 5.82 Å². The second kappa shape index (κ2) is 11.6. The van der Waals surface area contributed by atoms with Crippen LogP contribution >= 0.6 is 35.3 Å². The molecule has 0 aliphatic heterocycles. The Bertz CT molecular complexity index is 1580. The number of hydrogen-bond donors (Lipinski definition) is 3. The maximum atomic E-state index is 12.0. The highest BCUT2D eigenvalue weighted by Crippen LogP contribution is 2.35. The lowest BCUT2D eigenvalue weighted by Crippen LogP contribution is -2.33. The summed E-state index contributed by atoms with van der Waals surface area (Å²) in [7, 11) is 0. The third-order valence-electron chi connectivity index (χ3n) is 5.67. The predicted octanol–water partition coefficient (Wildman–Crippen LogP) is 6.53. The van der Waals surface area contributed by atoms with Gasteiger partial charge >= 0.3 is 0 Å². The number of hydrogen-bond acceptors (Lipinski definition) is 7. The van der Waals surface area contributed by atoms with E-state index in [0.29, 0.717) is 29.7 Å². The number of nitrogens with one attached hydrogen (secondary N) is 2. The average Bonchev–Trinajstić information content (AvgIpc) is 3.47. The monoisotopic (exact) mass is 571 g/mol. The average molecular weight is 573 g/mol. The first-order valence-corrected chi connectivity index (χ1v) is 13.0. The number of benzene rings is 2. The van der Waals surface area contributed by atoms with Gasteiger partial charge < -0.3 is 25.0 Å². The van der Waals surface area contributed by atoms with Gasteiger partial charge in [-0.15, -0.1) is 23.7 Å². The van der Waals surface area contributed by atoms with Gasteiger partial charge in [-0.1, -0.05) is 11.6 Å². The van der Waals surface area contributed by atoms with Crippen molar-refractivity contribution in [1.29, 1.82) is 0 Å². The molecule has 38 heavy (non-hydrogen) atoms. The number of halogens is 2. The molecule has 11 heteroatoms. The molecule has 3 aromatic heterocycles. The molecule has 5 rings (SSSR count). The summed E-state index contributed by atoms with van der Waals surface area (Å²) in [6, 6.07) is 15.4. The molecule has 0 saturated carbocycles. The Kier molecular flexibility index (Phi) is 8.42. The Hall–Kier alpha value is -3.37. The lowest BCUT2D eigenvalue weighted by Gasteiger charge is -2.16. The van der Waals surface area contributed by atoms with Crippen LogP contribution in [0.4, 0.5) is 11.5 Å². The molecule has 8 nitrogen and oxygen atoms in total. The number of rotatable bonds is 9. The lowest BCUT2D eigenvalue weighted by molar-refractivity contribution is -0.124. The normalized spacial score (nSPS) is 11.4. The highest BCUT2D eigenvalue weighted by molar-refractivity contribution is 7.17. The molecule has 5 aromatic rings. The van der Waals surface area contributed by atoms with Gasteiger partial charge in [0.2, 0.25) is 5.91 Å². The second-order valence-electron chi connectivity index (χ2n) is 9.30. The SMILES string of the molecule is CC(C)(O)CC(=O)NCCn1ccc2ncnc(Nc3ccc(Oc4ccc5ccsc5c4)c(Cl)c3)c21.Cl. The second-order valence-corrected chi connectivity index (χ2v) is 10.7. The van der Waals surface area contributed by atoms with Gasteiger partial charge in [0.1, 0.15) is 23.3 Å². The maximum absolute atomic E-state index is 12.0. The van der Waals surface area contributed by atoms with E-state index in [1.165, 1.54) is 11.7 Å². The van der Waals surface area contributed by atoms with Crippen LogP contribution in [0.1, 0.15) is 20.3 Å². The van der Waals surface area contributed by atoms with Crippen molar-refractivity contribution >= 4 is 73.9 Å². The number of aromatic nitrogens is 3. The van der Waals surface area contributed by atoms with E-state index in [1.54, 1.807) is 31.3 Å². The first kappa shape index (κ1) is 27.7. The molecule has 0 spiro atoms. The number of fused-ring (bicyclic) bond motifs is 2. The summed E-state index contributed by atoms with van der Waals surface area (Å²) in [4.78, 5) is 20.8. The molecule has 0 fully saturated rings. The fraction of sp³-hybridized carbons (Fsp3) is 0.222. The molecule has 0 aliphatic rings. The highest BCUT2D eigenvalue weighted by Gasteiger charge is 2.18. The molecule has 3 heterocycles. The van der Waals surface area contributed by atoms with Crippen LogP contribution in [-0.4, -0.2) is 37.7 Å². The summed E-state index contributed by atoms with van der Waals surface area (Å²) in [6.45, 7) is 4.14. The zero-order valence-electron chi connectivity index (χ0n) is 20.8. The summed E-state index contributed by atoms with van der Waals surface area (Å²) in [5, 5.41) is 19.7.